The van der Waals surface area contributed by atoms with Crippen LogP contribution in [0.4, 0.5) is 0 Å². The quantitative estimate of drug-likeness (QED) is 0.712. The molecule has 0 spiro atoms. The number of piperidine rings is 1. The van der Waals surface area contributed by atoms with Crippen LogP contribution in [0.2, 0.25) is 0 Å². The molecule has 0 atom stereocenters. The number of nitrogens with zero attached hydrogens (tertiary/aromatic N) is 5. The molecule has 0 radical (unpaired) electrons. The molecule has 1 aromatic rings. The van der Waals surface area contributed by atoms with Gasteiger partial charge in [0.15, 0.2) is 0 Å². The van der Waals surface area contributed by atoms with E-state index in [1.165, 1.54) is 11.0 Å². The molecule has 0 aromatic carbocycles. The Morgan fingerprint density at radius 2 is 2.11 bits per heavy atom. The number of hydrogen-bond acceptors (Lipinski definition) is 6. The van der Waals surface area contributed by atoms with Gasteiger partial charge in [-0.15, -0.1) is 5.10 Å². The maximum absolute atomic E-state index is 11.9. The van der Waals surface area contributed by atoms with Gasteiger partial charge in [0, 0.05) is 13.1 Å². The van der Waals surface area contributed by atoms with Crippen molar-refractivity contribution in [2.24, 2.45) is 0 Å². The lowest BCUT2D eigenvalue weighted by Crippen LogP contribution is -2.42. The first-order valence-electron chi connectivity index (χ1n) is 5.97. The molecule has 2 heterocycles. The number of rotatable bonds is 5. The lowest BCUT2D eigenvalue weighted by molar-refractivity contribution is -0.147. The van der Waals surface area contributed by atoms with Crippen LogP contribution in [0.25, 0.3) is 0 Å². The van der Waals surface area contributed by atoms with Gasteiger partial charge in [-0.25, -0.2) is 9.48 Å². The van der Waals surface area contributed by atoms with Crippen LogP contribution in [0, 0.1) is 0 Å². The van der Waals surface area contributed by atoms with Crippen molar-refractivity contribution in [3.8, 4) is 0 Å². The highest BCUT2D eigenvalue weighted by atomic mass is 16.5. The number of amides is 1. The van der Waals surface area contributed by atoms with Gasteiger partial charge < -0.3 is 14.7 Å². The Labute approximate surface area is 109 Å². The molecule has 1 aromatic heterocycles. The molecule has 19 heavy (non-hydrogen) atoms. The topological polar surface area (TPSA) is 110 Å². The van der Waals surface area contributed by atoms with E-state index in [9.17, 15) is 9.59 Å². The summed E-state index contributed by atoms with van der Waals surface area (Å²) in [5.74, 6) is -1.03. The maximum atomic E-state index is 11.9. The van der Waals surface area contributed by atoms with E-state index < -0.39 is 5.97 Å². The minimum Gasteiger partial charge on any atom is -0.480 e. The van der Waals surface area contributed by atoms with Crippen molar-refractivity contribution < 1.29 is 19.4 Å². The average molecular weight is 269 g/mol. The summed E-state index contributed by atoms with van der Waals surface area (Å²) < 4.78 is 6.57. The van der Waals surface area contributed by atoms with E-state index in [1.54, 1.807) is 4.90 Å². The highest BCUT2D eigenvalue weighted by molar-refractivity contribution is 5.75. The summed E-state index contributed by atoms with van der Waals surface area (Å²) >= 11 is 0. The van der Waals surface area contributed by atoms with Crippen LogP contribution in [0.5, 0.6) is 0 Å². The first kappa shape index (κ1) is 13.4. The number of carbonyl (C=O) groups is 2. The number of hydrogen-bond donors (Lipinski definition) is 1. The number of likely N-dealkylation sites (tertiary alicyclic amines) is 1. The molecule has 9 heteroatoms. The van der Waals surface area contributed by atoms with E-state index in [1.807, 2.05) is 0 Å². The first-order chi connectivity index (χ1) is 9.15. The molecule has 1 saturated heterocycles. The second-order valence-electron chi connectivity index (χ2n) is 4.29. The van der Waals surface area contributed by atoms with Gasteiger partial charge in [0.2, 0.25) is 5.91 Å². The Balaban J connectivity index is 1.73. The molecule has 1 aliphatic rings. The summed E-state index contributed by atoms with van der Waals surface area (Å²) in [4.78, 5) is 24.0. The summed E-state index contributed by atoms with van der Waals surface area (Å²) in [6.45, 7) is 0.952. The average Bonchev–Trinajstić information content (AvgIpc) is 2.89. The highest BCUT2D eigenvalue weighted by Crippen LogP contribution is 2.14. The Morgan fingerprint density at radius 3 is 2.68 bits per heavy atom. The predicted octanol–water partition coefficient (Wildman–Crippen LogP) is -1.23. The van der Waals surface area contributed by atoms with Gasteiger partial charge in [-0.1, -0.05) is 0 Å². The third-order valence-corrected chi connectivity index (χ3v) is 2.93. The lowest BCUT2D eigenvalue weighted by Gasteiger charge is -2.31. The van der Waals surface area contributed by atoms with Crippen molar-refractivity contribution in [2.45, 2.75) is 25.5 Å². The fourth-order valence-electron chi connectivity index (χ4n) is 1.95. The minimum absolute atomic E-state index is 0.0519. The molecule has 2 rings (SSSR count). The van der Waals surface area contributed by atoms with Crippen molar-refractivity contribution >= 4 is 11.9 Å². The van der Waals surface area contributed by atoms with Gasteiger partial charge in [0.25, 0.3) is 0 Å². The number of aromatic nitrogens is 4. The van der Waals surface area contributed by atoms with Gasteiger partial charge in [0.1, 0.15) is 19.5 Å². The molecule has 1 amide bonds. The lowest BCUT2D eigenvalue weighted by atomic mass is 10.1. The molecule has 0 unspecified atom stereocenters. The Morgan fingerprint density at radius 1 is 1.37 bits per heavy atom. The van der Waals surface area contributed by atoms with Crippen LogP contribution >= 0.6 is 0 Å². The molecular weight excluding hydrogens is 254 g/mol. The molecule has 9 nitrogen and oxygen atoms in total. The van der Waals surface area contributed by atoms with Gasteiger partial charge >= 0.3 is 5.97 Å². The van der Waals surface area contributed by atoms with E-state index in [-0.39, 0.29) is 25.2 Å². The third kappa shape index (κ3) is 3.98. The largest absolute Gasteiger partial charge is 0.480 e. The van der Waals surface area contributed by atoms with Gasteiger partial charge in [-0.3, -0.25) is 4.79 Å². The van der Waals surface area contributed by atoms with Crippen molar-refractivity contribution in [1.29, 1.82) is 0 Å². The molecule has 1 fully saturated rings. The predicted molar refractivity (Wildman–Crippen MR) is 61.0 cm³/mol. The first-order valence-corrected chi connectivity index (χ1v) is 5.97. The second-order valence-corrected chi connectivity index (χ2v) is 4.29. The zero-order valence-corrected chi connectivity index (χ0v) is 10.3. The van der Waals surface area contributed by atoms with E-state index in [0.29, 0.717) is 25.9 Å². The number of carboxylic acids is 1. The third-order valence-electron chi connectivity index (χ3n) is 2.93. The number of carboxylic acid groups (broad SMARTS) is 1. The molecule has 1 aliphatic heterocycles. The standard InChI is InChI=1S/C10H15N5O4/c16-9(5-15-7-11-12-13-15)14-3-1-8(2-4-14)19-6-10(17)18/h7-8H,1-6H2,(H,17,18). The van der Waals surface area contributed by atoms with Crippen LogP contribution in [0.3, 0.4) is 0 Å². The number of ether oxygens (including phenoxy) is 1. The zero-order chi connectivity index (χ0) is 13.7. The summed E-state index contributed by atoms with van der Waals surface area (Å²) in [5.41, 5.74) is 0. The van der Waals surface area contributed by atoms with E-state index >= 15 is 0 Å². The SMILES string of the molecule is O=C(O)COC1CCN(C(=O)Cn2cnnn2)CC1. The van der Waals surface area contributed by atoms with Crippen LogP contribution in [-0.2, 0) is 20.9 Å². The number of aliphatic carboxylic acids is 1. The minimum atomic E-state index is -0.975. The Hall–Kier alpha value is -2.03. The summed E-state index contributed by atoms with van der Waals surface area (Å²) in [5, 5.41) is 19.1. The monoisotopic (exact) mass is 269 g/mol. The normalized spacial score (nSPS) is 16.5. The maximum Gasteiger partial charge on any atom is 0.329 e. The Bertz CT molecular complexity index is 427. The smallest absolute Gasteiger partial charge is 0.329 e. The van der Waals surface area contributed by atoms with E-state index in [4.69, 9.17) is 9.84 Å². The number of carbonyl (C=O) groups excluding carboxylic acids is 1. The Kier molecular flexibility index (Phi) is 4.39. The fraction of sp³-hybridized carbons (Fsp3) is 0.700. The summed E-state index contributed by atoms with van der Waals surface area (Å²) in [6.07, 6.45) is 2.59. The van der Waals surface area contributed by atoms with E-state index in [0.717, 1.165) is 0 Å². The zero-order valence-electron chi connectivity index (χ0n) is 10.3. The highest BCUT2D eigenvalue weighted by Gasteiger charge is 2.23. The number of tetrazole rings is 1. The molecule has 104 valence electrons. The van der Waals surface area contributed by atoms with Gasteiger partial charge in [-0.2, -0.15) is 0 Å². The van der Waals surface area contributed by atoms with Gasteiger partial charge in [0.05, 0.1) is 6.10 Å². The van der Waals surface area contributed by atoms with Crippen molar-refractivity contribution in [3.63, 3.8) is 0 Å². The molecular formula is C10H15N5O4. The van der Waals surface area contributed by atoms with Crippen LogP contribution in [0.1, 0.15) is 12.8 Å². The molecule has 0 aliphatic carbocycles. The van der Waals surface area contributed by atoms with Crippen molar-refractivity contribution in [1.82, 2.24) is 25.1 Å². The van der Waals surface area contributed by atoms with Crippen LogP contribution in [-0.4, -0.2) is 67.9 Å². The second kappa shape index (κ2) is 6.23. The van der Waals surface area contributed by atoms with Crippen LogP contribution in [0.15, 0.2) is 6.33 Å². The van der Waals surface area contributed by atoms with Crippen molar-refractivity contribution in [3.05, 3.63) is 6.33 Å². The van der Waals surface area contributed by atoms with E-state index in [2.05, 4.69) is 15.5 Å². The fourth-order valence-corrected chi connectivity index (χ4v) is 1.95. The molecule has 0 saturated carbocycles. The van der Waals surface area contributed by atoms with Gasteiger partial charge in [-0.05, 0) is 23.3 Å². The van der Waals surface area contributed by atoms with Crippen molar-refractivity contribution in [2.75, 3.05) is 19.7 Å². The summed E-state index contributed by atoms with van der Waals surface area (Å²) in [6, 6.07) is 0. The molecule has 1 N–H and O–H groups in total. The molecule has 0 bridgehead atoms. The summed E-state index contributed by atoms with van der Waals surface area (Å²) in [7, 11) is 0. The van der Waals surface area contributed by atoms with Crippen LogP contribution < -0.4 is 0 Å².